The highest BCUT2D eigenvalue weighted by atomic mass is 32.2. The van der Waals surface area contributed by atoms with Crippen molar-refractivity contribution in [2.75, 3.05) is 13.2 Å². The SMILES string of the molecule is C=C(C)[C@@H](COS(=O)(=O)c1ccc(C)cc1)Cc1occc1C(=O)OCC. The number of rotatable bonds is 9. The van der Waals surface area contributed by atoms with Crippen LogP contribution in [0.15, 0.2) is 58.1 Å². The molecule has 1 heterocycles. The molecule has 146 valence electrons. The van der Waals surface area contributed by atoms with Crippen LogP contribution in [0, 0.1) is 12.8 Å². The molecule has 7 heteroatoms. The standard InChI is InChI=1S/C20H24O6S/c1-5-24-20(21)18-10-11-25-19(18)12-16(14(2)3)13-26-27(22,23)17-8-6-15(4)7-9-17/h6-11,16H,2,5,12-13H2,1,3-4H3/t16-/m1/s1. The van der Waals surface area contributed by atoms with Gasteiger partial charge in [0.15, 0.2) is 0 Å². The van der Waals surface area contributed by atoms with Crippen molar-refractivity contribution in [1.82, 2.24) is 0 Å². The van der Waals surface area contributed by atoms with E-state index in [1.165, 1.54) is 24.5 Å². The third kappa shape index (κ3) is 5.55. The van der Waals surface area contributed by atoms with E-state index < -0.39 is 16.1 Å². The number of aryl methyl sites for hydroxylation is 1. The molecule has 0 fully saturated rings. The molecule has 0 saturated heterocycles. The van der Waals surface area contributed by atoms with Crippen molar-refractivity contribution in [2.24, 2.45) is 5.92 Å². The minimum Gasteiger partial charge on any atom is -0.468 e. The van der Waals surface area contributed by atoms with Crippen LogP contribution in [-0.2, 0) is 25.5 Å². The normalized spacial score (nSPS) is 12.6. The lowest BCUT2D eigenvalue weighted by Crippen LogP contribution is -2.18. The number of benzene rings is 1. The molecule has 27 heavy (non-hydrogen) atoms. The minimum absolute atomic E-state index is 0.0961. The molecule has 0 aliphatic rings. The second kappa shape index (κ2) is 9.01. The fourth-order valence-electron chi connectivity index (χ4n) is 2.43. The van der Waals surface area contributed by atoms with Crippen molar-refractivity contribution in [1.29, 1.82) is 0 Å². The van der Waals surface area contributed by atoms with E-state index in [1.807, 2.05) is 6.92 Å². The van der Waals surface area contributed by atoms with Crippen LogP contribution < -0.4 is 0 Å². The van der Waals surface area contributed by atoms with E-state index in [2.05, 4.69) is 6.58 Å². The Morgan fingerprint density at radius 2 is 1.89 bits per heavy atom. The number of hydrogen-bond donors (Lipinski definition) is 0. The van der Waals surface area contributed by atoms with Gasteiger partial charge in [-0.25, -0.2) is 4.79 Å². The lowest BCUT2D eigenvalue weighted by atomic mass is 9.96. The van der Waals surface area contributed by atoms with Gasteiger partial charge < -0.3 is 9.15 Å². The summed E-state index contributed by atoms with van der Waals surface area (Å²) in [6, 6.07) is 7.96. The highest BCUT2D eigenvalue weighted by Crippen LogP contribution is 2.23. The van der Waals surface area contributed by atoms with Gasteiger partial charge >= 0.3 is 5.97 Å². The van der Waals surface area contributed by atoms with Crippen LogP contribution in [0.4, 0.5) is 0 Å². The average Bonchev–Trinajstić information content (AvgIpc) is 3.07. The first kappa shape index (κ1) is 20.9. The Morgan fingerprint density at radius 1 is 1.22 bits per heavy atom. The van der Waals surface area contributed by atoms with Crippen LogP contribution in [0.1, 0.15) is 35.5 Å². The number of esters is 1. The summed E-state index contributed by atoms with van der Waals surface area (Å²) in [5.74, 6) is -0.405. The number of hydrogen-bond acceptors (Lipinski definition) is 6. The van der Waals surface area contributed by atoms with Gasteiger partial charge in [0.25, 0.3) is 10.1 Å². The third-order valence-electron chi connectivity index (χ3n) is 4.10. The van der Waals surface area contributed by atoms with E-state index >= 15 is 0 Å². The summed E-state index contributed by atoms with van der Waals surface area (Å²) < 4.78 is 40.4. The van der Waals surface area contributed by atoms with E-state index in [0.717, 1.165) is 11.1 Å². The molecule has 0 radical (unpaired) electrons. The van der Waals surface area contributed by atoms with E-state index in [9.17, 15) is 13.2 Å². The molecular weight excluding hydrogens is 368 g/mol. The first-order chi connectivity index (χ1) is 12.7. The Labute approximate surface area is 159 Å². The smallest absolute Gasteiger partial charge is 0.341 e. The van der Waals surface area contributed by atoms with Crippen LogP contribution in [0.3, 0.4) is 0 Å². The van der Waals surface area contributed by atoms with Gasteiger partial charge in [0.2, 0.25) is 0 Å². The molecule has 0 aliphatic heterocycles. The molecular formula is C20H24O6S. The van der Waals surface area contributed by atoms with Crippen LogP contribution in [0.2, 0.25) is 0 Å². The molecule has 1 aromatic heterocycles. The fraction of sp³-hybridized carbons (Fsp3) is 0.350. The largest absolute Gasteiger partial charge is 0.468 e. The van der Waals surface area contributed by atoms with Gasteiger partial charge in [-0.1, -0.05) is 29.8 Å². The third-order valence-corrected chi connectivity index (χ3v) is 5.40. The summed E-state index contributed by atoms with van der Waals surface area (Å²) in [5, 5.41) is 0. The summed E-state index contributed by atoms with van der Waals surface area (Å²) in [6.45, 7) is 9.42. The van der Waals surface area contributed by atoms with Gasteiger partial charge in [0.05, 0.1) is 24.4 Å². The van der Waals surface area contributed by atoms with Crippen molar-refractivity contribution in [3.63, 3.8) is 0 Å². The van der Waals surface area contributed by atoms with Gasteiger partial charge in [-0.15, -0.1) is 0 Å². The van der Waals surface area contributed by atoms with Gasteiger partial charge in [-0.3, -0.25) is 4.18 Å². The van der Waals surface area contributed by atoms with E-state index in [4.69, 9.17) is 13.3 Å². The van der Waals surface area contributed by atoms with E-state index in [1.54, 1.807) is 26.0 Å². The predicted octanol–water partition coefficient (Wildman–Crippen LogP) is 3.91. The molecule has 2 rings (SSSR count). The molecule has 0 unspecified atom stereocenters. The van der Waals surface area contributed by atoms with Gasteiger partial charge in [-0.05, 0) is 39.0 Å². The van der Waals surface area contributed by atoms with Gasteiger partial charge in [0.1, 0.15) is 11.3 Å². The highest BCUT2D eigenvalue weighted by Gasteiger charge is 2.23. The molecule has 1 atom stereocenters. The summed E-state index contributed by atoms with van der Waals surface area (Å²) >= 11 is 0. The molecule has 6 nitrogen and oxygen atoms in total. The second-order valence-electron chi connectivity index (χ2n) is 6.28. The Kier molecular flexibility index (Phi) is 6.98. The molecule has 0 aliphatic carbocycles. The molecule has 0 bridgehead atoms. The maximum atomic E-state index is 12.4. The first-order valence-corrected chi connectivity index (χ1v) is 10.0. The summed E-state index contributed by atoms with van der Waals surface area (Å²) in [7, 11) is -3.88. The quantitative estimate of drug-likeness (QED) is 0.366. The van der Waals surface area contributed by atoms with Gasteiger partial charge in [-0.2, -0.15) is 8.42 Å². The molecule has 0 N–H and O–H groups in total. The topological polar surface area (TPSA) is 82.8 Å². The van der Waals surface area contributed by atoms with Crippen LogP contribution in [0.25, 0.3) is 0 Å². The van der Waals surface area contributed by atoms with Crippen LogP contribution in [0.5, 0.6) is 0 Å². The minimum atomic E-state index is -3.88. The maximum absolute atomic E-state index is 12.4. The van der Waals surface area contributed by atoms with E-state index in [0.29, 0.717) is 11.3 Å². The number of furan rings is 1. The molecule has 1 aromatic carbocycles. The Balaban J connectivity index is 2.11. The molecule has 2 aromatic rings. The van der Waals surface area contributed by atoms with Crippen molar-refractivity contribution >= 4 is 16.1 Å². The molecule has 0 saturated carbocycles. The number of carbonyl (C=O) groups excluding carboxylic acids is 1. The van der Waals surface area contributed by atoms with E-state index in [-0.39, 0.29) is 30.4 Å². The predicted molar refractivity (Wildman–Crippen MR) is 101 cm³/mol. The Morgan fingerprint density at radius 3 is 2.48 bits per heavy atom. The average molecular weight is 392 g/mol. The fourth-order valence-corrected chi connectivity index (χ4v) is 3.38. The zero-order valence-electron chi connectivity index (χ0n) is 15.7. The first-order valence-electron chi connectivity index (χ1n) is 8.59. The van der Waals surface area contributed by atoms with Crippen LogP contribution in [-0.4, -0.2) is 27.6 Å². The van der Waals surface area contributed by atoms with Gasteiger partial charge in [0, 0.05) is 12.3 Å². The van der Waals surface area contributed by atoms with Crippen molar-refractivity contribution in [2.45, 2.75) is 32.1 Å². The van der Waals surface area contributed by atoms with Crippen LogP contribution >= 0.6 is 0 Å². The number of carbonyl (C=O) groups is 1. The second-order valence-corrected chi connectivity index (χ2v) is 7.89. The molecule has 0 amide bonds. The lowest BCUT2D eigenvalue weighted by molar-refractivity contribution is 0.0523. The summed E-state index contributed by atoms with van der Waals surface area (Å²) in [4.78, 5) is 12.1. The molecule has 0 spiro atoms. The highest BCUT2D eigenvalue weighted by molar-refractivity contribution is 7.86. The van der Waals surface area contributed by atoms with Crippen molar-refractivity contribution < 1.29 is 26.5 Å². The lowest BCUT2D eigenvalue weighted by Gasteiger charge is -2.16. The van der Waals surface area contributed by atoms with Crippen molar-refractivity contribution in [3.05, 3.63) is 65.6 Å². The summed E-state index contributed by atoms with van der Waals surface area (Å²) in [5.41, 5.74) is 2.00. The maximum Gasteiger partial charge on any atom is 0.341 e. The van der Waals surface area contributed by atoms with Crippen molar-refractivity contribution in [3.8, 4) is 0 Å². The Bertz CT molecular complexity index is 893. The Hall–Kier alpha value is -2.38. The zero-order valence-corrected chi connectivity index (χ0v) is 16.5. The number of ether oxygens (including phenoxy) is 1. The summed E-state index contributed by atoms with van der Waals surface area (Å²) in [6.07, 6.45) is 1.68. The zero-order chi connectivity index (χ0) is 20.0. The monoisotopic (exact) mass is 392 g/mol.